The van der Waals surface area contributed by atoms with Gasteiger partial charge in [0.05, 0.1) is 0 Å². The summed E-state index contributed by atoms with van der Waals surface area (Å²) in [4.78, 5) is 13.6. The van der Waals surface area contributed by atoms with Gasteiger partial charge in [-0.05, 0) is 118 Å². The van der Waals surface area contributed by atoms with Gasteiger partial charge >= 0.3 is 0 Å². The molecule has 0 radical (unpaired) electrons. The molecule has 0 amide bonds. The van der Waals surface area contributed by atoms with Crippen LogP contribution in [0.1, 0.15) is 107 Å². The molecule has 0 aliphatic heterocycles. The molecule has 4 aliphatic rings. The summed E-state index contributed by atoms with van der Waals surface area (Å²) in [6.45, 7) is 13.2. The molecular formula is C30H46O. The summed E-state index contributed by atoms with van der Waals surface area (Å²) in [5.74, 6) is 6.32. The summed E-state index contributed by atoms with van der Waals surface area (Å²) in [6.07, 6.45) is 12.5. The number of hydrogen-bond acceptors (Lipinski definition) is 1. The highest BCUT2D eigenvalue weighted by atomic mass is 16.1. The van der Waals surface area contributed by atoms with E-state index in [9.17, 15) is 4.79 Å². The van der Waals surface area contributed by atoms with Crippen LogP contribution in [0.5, 0.6) is 0 Å². The molecule has 1 nitrogen and oxygen atoms in total. The zero-order chi connectivity index (χ0) is 22.3. The van der Waals surface area contributed by atoms with Crippen LogP contribution in [-0.2, 0) is 0 Å². The Morgan fingerprint density at radius 1 is 0.839 bits per heavy atom. The van der Waals surface area contributed by atoms with Crippen LogP contribution >= 0.6 is 0 Å². The summed E-state index contributed by atoms with van der Waals surface area (Å²) in [5, 5.41) is 0. The van der Waals surface area contributed by atoms with Crippen molar-refractivity contribution in [3.05, 3.63) is 34.9 Å². The number of Topliss-reactive ketones (excluding diaryl/α,β-unsaturated/α-hetero) is 1. The van der Waals surface area contributed by atoms with Crippen molar-refractivity contribution < 1.29 is 4.79 Å². The number of aryl methyl sites for hydroxylation is 2. The molecule has 0 N–H and O–H groups in total. The lowest BCUT2D eigenvalue weighted by Gasteiger charge is -2.56. The lowest BCUT2D eigenvalue weighted by molar-refractivity contribution is -0.0634. The van der Waals surface area contributed by atoms with Gasteiger partial charge < -0.3 is 0 Å². The predicted octanol–water partition coefficient (Wildman–Crippen LogP) is 8.42. The summed E-state index contributed by atoms with van der Waals surface area (Å²) < 4.78 is 0. The van der Waals surface area contributed by atoms with Crippen molar-refractivity contribution in [1.29, 1.82) is 0 Å². The Balaban J connectivity index is 0.00000112. The Morgan fingerprint density at radius 2 is 1.52 bits per heavy atom. The van der Waals surface area contributed by atoms with E-state index in [1.54, 1.807) is 0 Å². The van der Waals surface area contributed by atoms with Gasteiger partial charge in [-0.2, -0.15) is 0 Å². The van der Waals surface area contributed by atoms with Gasteiger partial charge in [0.1, 0.15) is 0 Å². The number of carbonyl (C=O) groups excluding carboxylic acids is 1. The van der Waals surface area contributed by atoms with Gasteiger partial charge in [0, 0.05) is 11.5 Å². The maximum Gasteiger partial charge on any atom is 0.166 e. The van der Waals surface area contributed by atoms with Crippen LogP contribution in [0.2, 0.25) is 0 Å². The number of rotatable bonds is 2. The lowest BCUT2D eigenvalue weighted by Crippen LogP contribution is -2.49. The molecule has 4 aliphatic carbocycles. The maximum absolute atomic E-state index is 13.6. The molecule has 0 saturated heterocycles. The fourth-order valence-corrected chi connectivity index (χ4v) is 8.84. The number of carbonyl (C=O) groups is 1. The number of fused-ring (bicyclic) bond motifs is 5. The second-order valence-electron chi connectivity index (χ2n) is 11.8. The molecule has 1 aromatic rings. The van der Waals surface area contributed by atoms with Crippen molar-refractivity contribution in [2.24, 2.45) is 46.8 Å². The van der Waals surface area contributed by atoms with E-state index in [4.69, 9.17) is 0 Å². The average Bonchev–Trinajstić information content (AvgIpc) is 3.10. The number of ketones is 1. The summed E-state index contributed by atoms with van der Waals surface area (Å²) in [6, 6.07) is 6.45. The van der Waals surface area contributed by atoms with Gasteiger partial charge in [0.25, 0.3) is 0 Å². The van der Waals surface area contributed by atoms with Crippen LogP contribution in [0.4, 0.5) is 0 Å². The van der Waals surface area contributed by atoms with E-state index in [-0.39, 0.29) is 11.3 Å². The fourth-order valence-electron chi connectivity index (χ4n) is 8.84. The molecule has 1 aromatic carbocycles. The van der Waals surface area contributed by atoms with Crippen LogP contribution in [0, 0.1) is 60.7 Å². The van der Waals surface area contributed by atoms with Gasteiger partial charge in [-0.3, -0.25) is 4.79 Å². The normalized spacial score (nSPS) is 41.3. The molecule has 8 atom stereocenters. The molecule has 4 fully saturated rings. The first kappa shape index (κ1) is 23.1. The highest BCUT2D eigenvalue weighted by Gasteiger charge is 2.58. The SMILES string of the molecule is CC.Cc1cc(C)cc(C(=O)C2CCC3C4CCC5CC(C)CCC5C4CCC23C)c1. The predicted molar refractivity (Wildman–Crippen MR) is 131 cm³/mol. The van der Waals surface area contributed by atoms with Crippen molar-refractivity contribution in [3.63, 3.8) is 0 Å². The van der Waals surface area contributed by atoms with Crippen LogP contribution < -0.4 is 0 Å². The zero-order valence-corrected chi connectivity index (χ0v) is 21.0. The van der Waals surface area contributed by atoms with Crippen molar-refractivity contribution >= 4 is 5.78 Å². The van der Waals surface area contributed by atoms with E-state index >= 15 is 0 Å². The van der Waals surface area contributed by atoms with Crippen molar-refractivity contribution in [2.45, 2.75) is 99.3 Å². The van der Waals surface area contributed by atoms with Crippen LogP contribution in [0.3, 0.4) is 0 Å². The minimum Gasteiger partial charge on any atom is -0.294 e. The van der Waals surface area contributed by atoms with Gasteiger partial charge in [-0.1, -0.05) is 51.3 Å². The Hall–Kier alpha value is -1.11. The van der Waals surface area contributed by atoms with Crippen molar-refractivity contribution in [2.75, 3.05) is 0 Å². The first-order valence-corrected chi connectivity index (χ1v) is 13.5. The van der Waals surface area contributed by atoms with E-state index in [1.165, 1.54) is 62.5 Å². The molecule has 172 valence electrons. The van der Waals surface area contributed by atoms with E-state index < -0.39 is 0 Å². The van der Waals surface area contributed by atoms with Crippen LogP contribution in [0.25, 0.3) is 0 Å². The van der Waals surface area contributed by atoms with Crippen molar-refractivity contribution in [3.8, 4) is 0 Å². The average molecular weight is 423 g/mol. The summed E-state index contributed by atoms with van der Waals surface area (Å²) in [5.41, 5.74) is 3.66. The van der Waals surface area contributed by atoms with E-state index in [2.05, 4.69) is 45.9 Å². The molecule has 1 heteroatoms. The minimum absolute atomic E-state index is 0.241. The van der Waals surface area contributed by atoms with E-state index in [1.807, 2.05) is 13.8 Å². The van der Waals surface area contributed by atoms with Gasteiger partial charge in [-0.25, -0.2) is 0 Å². The Bertz CT molecular complexity index is 773. The second-order valence-corrected chi connectivity index (χ2v) is 11.8. The summed E-state index contributed by atoms with van der Waals surface area (Å²) >= 11 is 0. The topological polar surface area (TPSA) is 17.1 Å². The highest BCUT2D eigenvalue weighted by Crippen LogP contribution is 2.64. The first-order valence-electron chi connectivity index (χ1n) is 13.5. The van der Waals surface area contributed by atoms with E-state index in [0.717, 1.165) is 47.5 Å². The quantitative estimate of drug-likeness (QED) is 0.437. The van der Waals surface area contributed by atoms with Crippen molar-refractivity contribution in [1.82, 2.24) is 0 Å². The van der Waals surface area contributed by atoms with Crippen LogP contribution in [-0.4, -0.2) is 5.78 Å². The Morgan fingerprint density at radius 3 is 2.23 bits per heavy atom. The molecular weight excluding hydrogens is 376 g/mol. The minimum atomic E-state index is 0.241. The monoisotopic (exact) mass is 422 g/mol. The van der Waals surface area contributed by atoms with Gasteiger partial charge in [0.2, 0.25) is 0 Å². The third kappa shape index (κ3) is 4.04. The number of hydrogen-bond donors (Lipinski definition) is 0. The fraction of sp³-hybridized carbons (Fsp3) is 0.767. The van der Waals surface area contributed by atoms with Gasteiger partial charge in [0.15, 0.2) is 5.78 Å². The third-order valence-corrected chi connectivity index (χ3v) is 10.0. The molecule has 5 rings (SSSR count). The standard InChI is InChI=1S/C28H40O.C2H6/c1-17-5-7-22-20(14-17)6-8-24-23(22)11-12-28(4)25(24)9-10-26(28)27(29)21-15-18(2)13-19(3)16-21;1-2/h13,15-17,20,22-26H,5-12,14H2,1-4H3;1-2H3. The van der Waals surface area contributed by atoms with E-state index in [0.29, 0.717) is 5.78 Å². The Kier molecular flexibility index (Phi) is 6.72. The molecule has 0 spiro atoms. The maximum atomic E-state index is 13.6. The summed E-state index contributed by atoms with van der Waals surface area (Å²) in [7, 11) is 0. The highest BCUT2D eigenvalue weighted by molar-refractivity contribution is 5.99. The molecule has 8 unspecified atom stereocenters. The molecule has 0 heterocycles. The molecule has 0 bridgehead atoms. The smallest absolute Gasteiger partial charge is 0.166 e. The molecule has 31 heavy (non-hydrogen) atoms. The number of benzene rings is 1. The molecule has 0 aromatic heterocycles. The van der Waals surface area contributed by atoms with Crippen LogP contribution in [0.15, 0.2) is 18.2 Å². The molecule has 4 saturated carbocycles. The largest absolute Gasteiger partial charge is 0.294 e. The lowest BCUT2D eigenvalue weighted by atomic mass is 9.49. The second kappa shape index (κ2) is 9.03. The third-order valence-electron chi connectivity index (χ3n) is 10.0. The first-order chi connectivity index (χ1) is 14.9. The zero-order valence-electron chi connectivity index (χ0n) is 21.0. The Labute approximate surface area is 191 Å². The van der Waals surface area contributed by atoms with Gasteiger partial charge in [-0.15, -0.1) is 0 Å².